The smallest absolute Gasteiger partial charge is 0.251 e. The van der Waals surface area contributed by atoms with Crippen LogP contribution in [0.2, 0.25) is 0 Å². The highest BCUT2D eigenvalue weighted by molar-refractivity contribution is 5.94. The quantitative estimate of drug-likeness (QED) is 0.906. The van der Waals surface area contributed by atoms with E-state index in [2.05, 4.69) is 42.7 Å². The third-order valence-corrected chi connectivity index (χ3v) is 4.53. The summed E-state index contributed by atoms with van der Waals surface area (Å²) in [6.07, 6.45) is 0. The standard InChI is InChI=1S/C20H24N2O2/c1-13(2)15-6-9-18-16(10-15)11-21-12-19(18)22-20(23)14-4-7-17(24-3)8-5-14/h4-10,13,19,21H,11-12H2,1-3H3,(H,22,23). The van der Waals surface area contributed by atoms with E-state index in [1.54, 1.807) is 31.4 Å². The topological polar surface area (TPSA) is 50.4 Å². The van der Waals surface area contributed by atoms with Crippen LogP contribution >= 0.6 is 0 Å². The summed E-state index contributed by atoms with van der Waals surface area (Å²) in [6.45, 7) is 5.99. The maximum absolute atomic E-state index is 12.5. The van der Waals surface area contributed by atoms with E-state index >= 15 is 0 Å². The van der Waals surface area contributed by atoms with Gasteiger partial charge in [0.05, 0.1) is 13.2 Å². The van der Waals surface area contributed by atoms with Gasteiger partial charge < -0.3 is 15.4 Å². The minimum atomic E-state index is -0.0646. The van der Waals surface area contributed by atoms with Gasteiger partial charge in [0.15, 0.2) is 0 Å². The Labute approximate surface area is 143 Å². The number of methoxy groups -OCH3 is 1. The molecule has 2 N–H and O–H groups in total. The number of hydrogen-bond acceptors (Lipinski definition) is 3. The Morgan fingerprint density at radius 1 is 1.21 bits per heavy atom. The van der Waals surface area contributed by atoms with Crippen LogP contribution in [-0.2, 0) is 6.54 Å². The van der Waals surface area contributed by atoms with Crippen molar-refractivity contribution in [1.29, 1.82) is 0 Å². The molecule has 1 atom stereocenters. The van der Waals surface area contributed by atoms with Gasteiger partial charge in [-0.05, 0) is 46.9 Å². The van der Waals surface area contributed by atoms with Crippen LogP contribution in [0.5, 0.6) is 5.75 Å². The first-order valence-corrected chi connectivity index (χ1v) is 8.37. The third-order valence-electron chi connectivity index (χ3n) is 4.53. The molecule has 4 nitrogen and oxygen atoms in total. The number of carbonyl (C=O) groups is 1. The molecule has 0 saturated heterocycles. The zero-order valence-corrected chi connectivity index (χ0v) is 14.4. The summed E-state index contributed by atoms with van der Waals surface area (Å²) in [5.74, 6) is 1.19. The van der Waals surface area contributed by atoms with E-state index in [9.17, 15) is 4.79 Å². The molecule has 1 unspecified atom stereocenters. The van der Waals surface area contributed by atoms with Crippen LogP contribution in [0.3, 0.4) is 0 Å². The Hall–Kier alpha value is -2.33. The van der Waals surface area contributed by atoms with E-state index in [4.69, 9.17) is 4.74 Å². The fraction of sp³-hybridized carbons (Fsp3) is 0.350. The van der Waals surface area contributed by atoms with Crippen molar-refractivity contribution in [1.82, 2.24) is 10.6 Å². The highest BCUT2D eigenvalue weighted by atomic mass is 16.5. The molecule has 3 rings (SSSR count). The molecule has 24 heavy (non-hydrogen) atoms. The summed E-state index contributed by atoms with van der Waals surface area (Å²) in [5.41, 5.74) is 4.45. The second kappa shape index (κ2) is 7.05. The van der Waals surface area contributed by atoms with Crippen molar-refractivity contribution in [2.45, 2.75) is 32.4 Å². The minimum Gasteiger partial charge on any atom is -0.497 e. The lowest BCUT2D eigenvalue weighted by atomic mass is 9.91. The zero-order chi connectivity index (χ0) is 17.1. The highest BCUT2D eigenvalue weighted by Gasteiger charge is 2.22. The van der Waals surface area contributed by atoms with Crippen LogP contribution in [-0.4, -0.2) is 19.6 Å². The van der Waals surface area contributed by atoms with Gasteiger partial charge in [0.1, 0.15) is 5.75 Å². The first-order valence-electron chi connectivity index (χ1n) is 8.37. The largest absolute Gasteiger partial charge is 0.497 e. The molecule has 1 aliphatic heterocycles. The van der Waals surface area contributed by atoms with E-state index in [1.807, 2.05) is 0 Å². The van der Waals surface area contributed by atoms with Gasteiger partial charge in [-0.3, -0.25) is 4.79 Å². The molecule has 1 amide bonds. The van der Waals surface area contributed by atoms with Crippen molar-refractivity contribution in [3.63, 3.8) is 0 Å². The van der Waals surface area contributed by atoms with E-state index < -0.39 is 0 Å². The fourth-order valence-electron chi connectivity index (χ4n) is 3.05. The molecule has 126 valence electrons. The maximum atomic E-state index is 12.5. The molecule has 0 aromatic heterocycles. The molecule has 4 heteroatoms. The molecule has 2 aromatic carbocycles. The van der Waals surface area contributed by atoms with E-state index in [0.29, 0.717) is 11.5 Å². The van der Waals surface area contributed by atoms with Gasteiger partial charge in [-0.1, -0.05) is 32.0 Å². The summed E-state index contributed by atoms with van der Waals surface area (Å²) in [5, 5.41) is 6.53. The van der Waals surface area contributed by atoms with Gasteiger partial charge in [0.2, 0.25) is 0 Å². The van der Waals surface area contributed by atoms with Crippen LogP contribution in [0, 0.1) is 0 Å². The molecular formula is C20H24N2O2. The molecule has 0 fully saturated rings. The summed E-state index contributed by atoms with van der Waals surface area (Å²) in [6, 6.07) is 13.7. The molecule has 1 heterocycles. The number of rotatable bonds is 4. The van der Waals surface area contributed by atoms with Crippen molar-refractivity contribution in [3.05, 3.63) is 64.7 Å². The second-order valence-corrected chi connectivity index (χ2v) is 6.50. The second-order valence-electron chi connectivity index (χ2n) is 6.50. The Bertz CT molecular complexity index is 723. The Morgan fingerprint density at radius 3 is 2.62 bits per heavy atom. The number of ether oxygens (including phenoxy) is 1. The fourth-order valence-corrected chi connectivity index (χ4v) is 3.05. The van der Waals surface area contributed by atoms with Gasteiger partial charge in [-0.15, -0.1) is 0 Å². The number of fused-ring (bicyclic) bond motifs is 1. The average Bonchev–Trinajstić information content (AvgIpc) is 2.61. The molecule has 0 bridgehead atoms. The SMILES string of the molecule is COc1ccc(C(=O)NC2CNCc3cc(C(C)C)ccc32)cc1. The number of hydrogen-bond donors (Lipinski definition) is 2. The van der Waals surface area contributed by atoms with E-state index in [0.717, 1.165) is 18.8 Å². The zero-order valence-electron chi connectivity index (χ0n) is 14.4. The van der Waals surface area contributed by atoms with Crippen molar-refractivity contribution in [2.75, 3.05) is 13.7 Å². The number of benzene rings is 2. The summed E-state index contributed by atoms with van der Waals surface area (Å²) in [4.78, 5) is 12.5. The Balaban J connectivity index is 1.77. The van der Waals surface area contributed by atoms with E-state index in [1.165, 1.54) is 16.7 Å². The van der Waals surface area contributed by atoms with Crippen molar-refractivity contribution in [3.8, 4) is 5.75 Å². The number of nitrogens with one attached hydrogen (secondary N) is 2. The van der Waals surface area contributed by atoms with Crippen LogP contribution < -0.4 is 15.4 Å². The van der Waals surface area contributed by atoms with Gasteiger partial charge in [-0.2, -0.15) is 0 Å². The van der Waals surface area contributed by atoms with Crippen LogP contribution in [0.4, 0.5) is 0 Å². The maximum Gasteiger partial charge on any atom is 0.251 e. The van der Waals surface area contributed by atoms with E-state index in [-0.39, 0.29) is 11.9 Å². The minimum absolute atomic E-state index is 0.00966. The first-order chi connectivity index (χ1) is 11.6. The molecule has 0 saturated carbocycles. The third kappa shape index (κ3) is 3.44. The van der Waals surface area contributed by atoms with Gasteiger partial charge in [0.25, 0.3) is 5.91 Å². The molecule has 0 radical (unpaired) electrons. The number of amides is 1. The van der Waals surface area contributed by atoms with Crippen molar-refractivity contribution >= 4 is 5.91 Å². The van der Waals surface area contributed by atoms with Crippen molar-refractivity contribution in [2.24, 2.45) is 0 Å². The molecule has 0 spiro atoms. The number of carbonyl (C=O) groups excluding carboxylic acids is 1. The summed E-state index contributed by atoms with van der Waals surface area (Å²) < 4.78 is 5.13. The van der Waals surface area contributed by atoms with Crippen LogP contribution in [0.25, 0.3) is 0 Å². The molecule has 2 aromatic rings. The predicted molar refractivity (Wildman–Crippen MR) is 95.4 cm³/mol. The molecule has 1 aliphatic rings. The summed E-state index contributed by atoms with van der Waals surface area (Å²) in [7, 11) is 1.62. The van der Waals surface area contributed by atoms with Crippen molar-refractivity contribution < 1.29 is 9.53 Å². The van der Waals surface area contributed by atoms with Crippen LogP contribution in [0.1, 0.15) is 52.9 Å². The van der Waals surface area contributed by atoms with Crippen LogP contribution in [0.15, 0.2) is 42.5 Å². The molecular weight excluding hydrogens is 300 g/mol. The van der Waals surface area contributed by atoms with Gasteiger partial charge >= 0.3 is 0 Å². The van der Waals surface area contributed by atoms with Gasteiger partial charge in [0, 0.05) is 18.7 Å². The lowest BCUT2D eigenvalue weighted by molar-refractivity contribution is 0.0934. The Morgan fingerprint density at radius 2 is 1.96 bits per heavy atom. The lowest BCUT2D eigenvalue weighted by Gasteiger charge is -2.28. The lowest BCUT2D eigenvalue weighted by Crippen LogP contribution is -2.39. The average molecular weight is 324 g/mol. The highest BCUT2D eigenvalue weighted by Crippen LogP contribution is 2.26. The monoisotopic (exact) mass is 324 g/mol. The first kappa shape index (κ1) is 16.5. The summed E-state index contributed by atoms with van der Waals surface area (Å²) >= 11 is 0. The predicted octanol–water partition coefficient (Wildman–Crippen LogP) is 3.39. The van der Waals surface area contributed by atoms with Gasteiger partial charge in [-0.25, -0.2) is 0 Å². The molecule has 0 aliphatic carbocycles. The Kier molecular flexibility index (Phi) is 4.86. The normalized spacial score (nSPS) is 16.6.